The van der Waals surface area contributed by atoms with Gasteiger partial charge in [0.15, 0.2) is 5.11 Å². The number of nitrogens with one attached hydrogen (secondary N) is 1. The summed E-state index contributed by atoms with van der Waals surface area (Å²) in [5.41, 5.74) is 1.92. The van der Waals surface area contributed by atoms with Crippen LogP contribution < -0.4 is 10.2 Å². The topological polar surface area (TPSA) is 18.5 Å². The Balaban J connectivity index is 1.60. The standard InChI is InChI=1S/C17H17Cl2N3S/c18-13-5-1-3-7-15(13)20-17(23)22-11-9-21(10-12-22)16-8-4-2-6-14(16)19/h1-8H,9-12H2,(H,20,23). The Morgan fingerprint density at radius 1 is 0.870 bits per heavy atom. The lowest BCUT2D eigenvalue weighted by atomic mass is 10.2. The molecule has 2 aromatic carbocycles. The molecule has 0 radical (unpaired) electrons. The Kier molecular flexibility index (Phi) is 5.26. The maximum absolute atomic E-state index is 6.27. The first kappa shape index (κ1) is 16.4. The first-order valence-electron chi connectivity index (χ1n) is 7.45. The average molecular weight is 366 g/mol. The number of halogens is 2. The van der Waals surface area contributed by atoms with Crippen LogP contribution in [0.15, 0.2) is 48.5 Å². The summed E-state index contributed by atoms with van der Waals surface area (Å²) in [5.74, 6) is 0. The number of thiocarbonyl (C=S) groups is 1. The molecule has 2 aromatic rings. The van der Waals surface area contributed by atoms with E-state index in [0.717, 1.165) is 42.6 Å². The van der Waals surface area contributed by atoms with Crippen LogP contribution in [0.3, 0.4) is 0 Å². The van der Waals surface area contributed by atoms with Crippen LogP contribution in [0.1, 0.15) is 0 Å². The van der Waals surface area contributed by atoms with Gasteiger partial charge in [-0.25, -0.2) is 0 Å². The van der Waals surface area contributed by atoms with Crippen LogP contribution in [0.5, 0.6) is 0 Å². The summed E-state index contributed by atoms with van der Waals surface area (Å²) in [5, 5.41) is 5.39. The highest BCUT2D eigenvalue weighted by Gasteiger charge is 2.20. The largest absolute Gasteiger partial charge is 0.367 e. The first-order chi connectivity index (χ1) is 11.1. The zero-order valence-electron chi connectivity index (χ0n) is 12.5. The number of piperazine rings is 1. The van der Waals surface area contributed by atoms with Gasteiger partial charge in [0.2, 0.25) is 0 Å². The van der Waals surface area contributed by atoms with Gasteiger partial charge in [-0.15, -0.1) is 0 Å². The highest BCUT2D eigenvalue weighted by Crippen LogP contribution is 2.26. The molecule has 1 fully saturated rings. The summed E-state index contributed by atoms with van der Waals surface area (Å²) in [6, 6.07) is 15.6. The van der Waals surface area contributed by atoms with E-state index < -0.39 is 0 Å². The van der Waals surface area contributed by atoms with E-state index in [0.29, 0.717) is 10.1 Å². The van der Waals surface area contributed by atoms with E-state index in [1.54, 1.807) is 0 Å². The molecule has 1 aliphatic rings. The van der Waals surface area contributed by atoms with Crippen molar-refractivity contribution in [3.05, 3.63) is 58.6 Å². The van der Waals surface area contributed by atoms with E-state index in [1.165, 1.54) is 0 Å². The second-order valence-corrected chi connectivity index (χ2v) is 6.54. The van der Waals surface area contributed by atoms with Gasteiger partial charge in [-0.1, -0.05) is 47.5 Å². The van der Waals surface area contributed by atoms with Gasteiger partial charge in [-0.05, 0) is 36.5 Å². The van der Waals surface area contributed by atoms with Gasteiger partial charge in [0.25, 0.3) is 0 Å². The average Bonchev–Trinajstić information content (AvgIpc) is 2.57. The summed E-state index contributed by atoms with van der Waals surface area (Å²) in [7, 11) is 0. The number of anilines is 2. The molecule has 3 rings (SSSR count). The van der Waals surface area contributed by atoms with Gasteiger partial charge in [0, 0.05) is 26.2 Å². The molecule has 1 saturated heterocycles. The molecule has 0 aliphatic carbocycles. The van der Waals surface area contributed by atoms with Crippen molar-refractivity contribution in [1.29, 1.82) is 0 Å². The van der Waals surface area contributed by atoms with Gasteiger partial charge >= 0.3 is 0 Å². The van der Waals surface area contributed by atoms with Crippen molar-refractivity contribution in [2.24, 2.45) is 0 Å². The smallest absolute Gasteiger partial charge is 0.173 e. The van der Waals surface area contributed by atoms with Crippen LogP contribution in [-0.2, 0) is 0 Å². The molecule has 0 saturated carbocycles. The first-order valence-corrected chi connectivity index (χ1v) is 8.61. The molecule has 1 aliphatic heterocycles. The van der Waals surface area contributed by atoms with E-state index in [-0.39, 0.29) is 0 Å². The van der Waals surface area contributed by atoms with Crippen LogP contribution in [0, 0.1) is 0 Å². The van der Waals surface area contributed by atoms with Crippen molar-refractivity contribution >= 4 is 51.9 Å². The summed E-state index contributed by atoms with van der Waals surface area (Å²) in [6.45, 7) is 3.46. The van der Waals surface area contributed by atoms with Crippen LogP contribution in [0.25, 0.3) is 0 Å². The van der Waals surface area contributed by atoms with Crippen molar-refractivity contribution in [1.82, 2.24) is 4.90 Å². The third kappa shape index (κ3) is 3.89. The van der Waals surface area contributed by atoms with Crippen molar-refractivity contribution in [2.75, 3.05) is 36.4 Å². The summed E-state index contributed by atoms with van der Waals surface area (Å²) >= 11 is 17.9. The number of hydrogen-bond donors (Lipinski definition) is 1. The molecule has 1 N–H and O–H groups in total. The number of rotatable bonds is 2. The normalized spacial score (nSPS) is 14.7. The fourth-order valence-electron chi connectivity index (χ4n) is 2.62. The van der Waals surface area contributed by atoms with Gasteiger partial charge in [-0.2, -0.15) is 0 Å². The van der Waals surface area contributed by atoms with Gasteiger partial charge in [0.1, 0.15) is 0 Å². The van der Waals surface area contributed by atoms with E-state index in [4.69, 9.17) is 35.4 Å². The number of nitrogens with zero attached hydrogens (tertiary/aromatic N) is 2. The van der Waals surface area contributed by atoms with E-state index >= 15 is 0 Å². The molecule has 0 atom stereocenters. The van der Waals surface area contributed by atoms with Crippen LogP contribution >= 0.6 is 35.4 Å². The molecule has 0 spiro atoms. The Labute approximate surface area is 151 Å². The zero-order valence-corrected chi connectivity index (χ0v) is 14.8. The molecular formula is C17H17Cl2N3S. The van der Waals surface area contributed by atoms with Crippen LogP contribution in [0.4, 0.5) is 11.4 Å². The summed E-state index contributed by atoms with van der Waals surface area (Å²) in [6.07, 6.45) is 0. The van der Waals surface area contributed by atoms with Crippen LogP contribution in [0.2, 0.25) is 10.0 Å². The molecule has 0 unspecified atom stereocenters. The fourth-order valence-corrected chi connectivity index (χ4v) is 3.35. The Morgan fingerprint density at radius 3 is 2.13 bits per heavy atom. The summed E-state index contributed by atoms with van der Waals surface area (Å²) in [4.78, 5) is 4.45. The summed E-state index contributed by atoms with van der Waals surface area (Å²) < 4.78 is 0. The second-order valence-electron chi connectivity index (χ2n) is 5.34. The molecular weight excluding hydrogens is 349 g/mol. The maximum Gasteiger partial charge on any atom is 0.173 e. The third-order valence-electron chi connectivity index (χ3n) is 3.88. The monoisotopic (exact) mass is 365 g/mol. The minimum Gasteiger partial charge on any atom is -0.367 e. The van der Waals surface area contributed by atoms with Crippen molar-refractivity contribution in [2.45, 2.75) is 0 Å². The predicted octanol–water partition coefficient (Wildman–Crippen LogP) is 4.51. The highest BCUT2D eigenvalue weighted by molar-refractivity contribution is 7.80. The van der Waals surface area contributed by atoms with Crippen molar-refractivity contribution in [3.63, 3.8) is 0 Å². The number of para-hydroxylation sites is 2. The Morgan fingerprint density at radius 2 is 1.48 bits per heavy atom. The molecule has 6 heteroatoms. The molecule has 120 valence electrons. The zero-order chi connectivity index (χ0) is 16.2. The minimum absolute atomic E-state index is 0.671. The fraction of sp³-hybridized carbons (Fsp3) is 0.235. The molecule has 3 nitrogen and oxygen atoms in total. The lowest BCUT2D eigenvalue weighted by Gasteiger charge is -2.37. The van der Waals surface area contributed by atoms with Gasteiger partial charge in [0.05, 0.1) is 21.4 Å². The third-order valence-corrected chi connectivity index (χ3v) is 4.88. The Hall–Kier alpha value is -1.49. The molecule has 0 amide bonds. The highest BCUT2D eigenvalue weighted by atomic mass is 35.5. The van der Waals surface area contributed by atoms with E-state index in [9.17, 15) is 0 Å². The van der Waals surface area contributed by atoms with Crippen molar-refractivity contribution in [3.8, 4) is 0 Å². The lowest BCUT2D eigenvalue weighted by Crippen LogP contribution is -2.50. The number of benzene rings is 2. The van der Waals surface area contributed by atoms with Gasteiger partial charge in [-0.3, -0.25) is 0 Å². The molecule has 0 aromatic heterocycles. The van der Waals surface area contributed by atoms with Crippen LogP contribution in [-0.4, -0.2) is 36.2 Å². The molecule has 0 bridgehead atoms. The second kappa shape index (κ2) is 7.39. The SMILES string of the molecule is S=C(Nc1ccccc1Cl)N1CCN(c2ccccc2Cl)CC1. The van der Waals surface area contributed by atoms with Gasteiger partial charge < -0.3 is 15.1 Å². The van der Waals surface area contributed by atoms with Crippen molar-refractivity contribution < 1.29 is 0 Å². The lowest BCUT2D eigenvalue weighted by molar-refractivity contribution is 0.391. The number of hydrogen-bond acceptors (Lipinski definition) is 2. The minimum atomic E-state index is 0.671. The Bertz CT molecular complexity index is 700. The molecule has 1 heterocycles. The van der Waals surface area contributed by atoms with E-state index in [1.807, 2.05) is 42.5 Å². The van der Waals surface area contributed by atoms with E-state index in [2.05, 4.69) is 21.2 Å². The maximum atomic E-state index is 6.27. The predicted molar refractivity (Wildman–Crippen MR) is 103 cm³/mol. The quantitative estimate of drug-likeness (QED) is 0.788. The molecule has 23 heavy (non-hydrogen) atoms.